The largest absolute Gasteiger partial charge is 0.309 e. The van der Waals surface area contributed by atoms with Gasteiger partial charge in [-0.25, -0.2) is 4.98 Å². The molecule has 0 aliphatic carbocycles. The van der Waals surface area contributed by atoms with E-state index in [2.05, 4.69) is 42.2 Å². The Morgan fingerprint density at radius 3 is 2.78 bits per heavy atom. The van der Waals surface area contributed by atoms with Crippen LogP contribution in [0.25, 0.3) is 0 Å². The Labute approximate surface area is 112 Å². The summed E-state index contributed by atoms with van der Waals surface area (Å²) in [6.07, 6.45) is 2.84. The van der Waals surface area contributed by atoms with Gasteiger partial charge in [0.1, 0.15) is 0 Å². The van der Waals surface area contributed by atoms with Crippen LogP contribution in [0.4, 0.5) is 0 Å². The first kappa shape index (κ1) is 13.2. The van der Waals surface area contributed by atoms with Crippen LogP contribution in [0.15, 0.2) is 12.3 Å². The standard InChI is InChI=1S/C13H20N4S/c1-9(13-10(2)16-11(3)18-13)14-7-5-12-6-8-15-17(12)4/h6,8-9,14H,5,7H2,1-4H3. The van der Waals surface area contributed by atoms with Crippen LogP contribution in [0, 0.1) is 13.8 Å². The monoisotopic (exact) mass is 264 g/mol. The van der Waals surface area contributed by atoms with Gasteiger partial charge in [-0.2, -0.15) is 5.10 Å². The van der Waals surface area contributed by atoms with Crippen molar-refractivity contribution in [1.82, 2.24) is 20.1 Å². The van der Waals surface area contributed by atoms with E-state index in [-0.39, 0.29) is 0 Å². The lowest BCUT2D eigenvalue weighted by Gasteiger charge is -2.12. The van der Waals surface area contributed by atoms with E-state index in [1.807, 2.05) is 17.9 Å². The third-order valence-corrected chi connectivity index (χ3v) is 4.34. The molecule has 0 spiro atoms. The van der Waals surface area contributed by atoms with Crippen molar-refractivity contribution in [2.75, 3.05) is 6.54 Å². The van der Waals surface area contributed by atoms with Gasteiger partial charge in [0.05, 0.1) is 10.7 Å². The van der Waals surface area contributed by atoms with Gasteiger partial charge in [0.2, 0.25) is 0 Å². The first-order valence-electron chi connectivity index (χ1n) is 6.22. The molecule has 1 atom stereocenters. The summed E-state index contributed by atoms with van der Waals surface area (Å²) >= 11 is 1.78. The lowest BCUT2D eigenvalue weighted by molar-refractivity contribution is 0.568. The Bertz CT molecular complexity index is 515. The predicted molar refractivity (Wildman–Crippen MR) is 74.9 cm³/mol. The van der Waals surface area contributed by atoms with E-state index in [9.17, 15) is 0 Å². The van der Waals surface area contributed by atoms with E-state index in [4.69, 9.17) is 0 Å². The molecule has 2 heterocycles. The number of hydrogen-bond acceptors (Lipinski definition) is 4. The first-order chi connectivity index (χ1) is 8.58. The molecule has 1 unspecified atom stereocenters. The van der Waals surface area contributed by atoms with Gasteiger partial charge in [0.15, 0.2) is 0 Å². The molecule has 0 aromatic carbocycles. The Balaban J connectivity index is 1.87. The molecule has 0 amide bonds. The van der Waals surface area contributed by atoms with Crippen LogP contribution in [0.3, 0.4) is 0 Å². The number of aromatic nitrogens is 3. The second-order valence-corrected chi connectivity index (χ2v) is 5.79. The molecular formula is C13H20N4S. The van der Waals surface area contributed by atoms with Gasteiger partial charge in [-0.1, -0.05) is 0 Å². The third-order valence-electron chi connectivity index (χ3n) is 3.09. The number of nitrogens with one attached hydrogen (secondary N) is 1. The Hall–Kier alpha value is -1.20. The maximum absolute atomic E-state index is 4.47. The van der Waals surface area contributed by atoms with E-state index in [0.717, 1.165) is 23.7 Å². The summed E-state index contributed by atoms with van der Waals surface area (Å²) < 4.78 is 1.93. The first-order valence-corrected chi connectivity index (χ1v) is 7.03. The topological polar surface area (TPSA) is 42.7 Å². The molecule has 1 N–H and O–H groups in total. The van der Waals surface area contributed by atoms with Crippen molar-refractivity contribution >= 4 is 11.3 Å². The molecule has 2 rings (SSSR count). The van der Waals surface area contributed by atoms with Crippen molar-refractivity contribution in [3.8, 4) is 0 Å². The van der Waals surface area contributed by atoms with E-state index in [1.165, 1.54) is 10.6 Å². The fourth-order valence-corrected chi connectivity index (χ4v) is 3.06. The van der Waals surface area contributed by atoms with E-state index in [0.29, 0.717) is 6.04 Å². The van der Waals surface area contributed by atoms with Gasteiger partial charge < -0.3 is 5.32 Å². The lowest BCUT2D eigenvalue weighted by atomic mass is 10.2. The zero-order chi connectivity index (χ0) is 13.1. The summed E-state index contributed by atoms with van der Waals surface area (Å²) in [4.78, 5) is 5.81. The average Bonchev–Trinajstić information content (AvgIpc) is 2.85. The van der Waals surface area contributed by atoms with Crippen LogP contribution in [-0.4, -0.2) is 21.3 Å². The molecule has 0 bridgehead atoms. The molecule has 2 aromatic heterocycles. The quantitative estimate of drug-likeness (QED) is 0.901. The van der Waals surface area contributed by atoms with Crippen molar-refractivity contribution in [2.24, 2.45) is 7.05 Å². The summed E-state index contributed by atoms with van der Waals surface area (Å²) in [5, 5.41) is 8.86. The number of nitrogens with zero attached hydrogens (tertiary/aromatic N) is 3. The maximum Gasteiger partial charge on any atom is 0.0900 e. The summed E-state index contributed by atoms with van der Waals surface area (Å²) in [7, 11) is 1.98. The second-order valence-electron chi connectivity index (χ2n) is 4.55. The SMILES string of the molecule is Cc1nc(C)c(C(C)NCCc2ccnn2C)s1. The highest BCUT2D eigenvalue weighted by molar-refractivity contribution is 7.11. The van der Waals surface area contributed by atoms with E-state index < -0.39 is 0 Å². The van der Waals surface area contributed by atoms with E-state index >= 15 is 0 Å². The molecule has 0 saturated heterocycles. The number of thiazole rings is 1. The molecule has 98 valence electrons. The van der Waals surface area contributed by atoms with Crippen molar-refractivity contribution in [2.45, 2.75) is 33.2 Å². The highest BCUT2D eigenvalue weighted by atomic mass is 32.1. The van der Waals surface area contributed by atoms with E-state index in [1.54, 1.807) is 11.3 Å². The van der Waals surface area contributed by atoms with Gasteiger partial charge in [0.25, 0.3) is 0 Å². The van der Waals surface area contributed by atoms with Crippen molar-refractivity contribution in [1.29, 1.82) is 0 Å². The normalized spacial score (nSPS) is 12.9. The minimum atomic E-state index is 0.365. The number of aryl methyl sites for hydroxylation is 3. The van der Waals surface area contributed by atoms with Crippen LogP contribution in [0.1, 0.15) is 34.2 Å². The molecule has 4 nitrogen and oxygen atoms in total. The van der Waals surface area contributed by atoms with Crippen LogP contribution >= 0.6 is 11.3 Å². The molecule has 0 aliphatic heterocycles. The van der Waals surface area contributed by atoms with Crippen molar-refractivity contribution < 1.29 is 0 Å². The fourth-order valence-electron chi connectivity index (χ4n) is 2.10. The maximum atomic E-state index is 4.47. The van der Waals surface area contributed by atoms with Gasteiger partial charge in [-0.3, -0.25) is 4.68 Å². The molecule has 5 heteroatoms. The molecule has 2 aromatic rings. The average molecular weight is 264 g/mol. The summed E-state index contributed by atoms with van der Waals surface area (Å²) in [5.41, 5.74) is 2.41. The Morgan fingerprint density at radius 2 is 2.22 bits per heavy atom. The second kappa shape index (κ2) is 5.63. The molecule has 0 radical (unpaired) electrons. The zero-order valence-electron chi connectivity index (χ0n) is 11.4. The summed E-state index contributed by atoms with van der Waals surface area (Å²) in [5.74, 6) is 0. The molecule has 18 heavy (non-hydrogen) atoms. The predicted octanol–water partition coefficient (Wildman–Crippen LogP) is 2.39. The molecule has 0 fully saturated rings. The summed E-state index contributed by atoms with van der Waals surface area (Å²) in [6.45, 7) is 7.29. The van der Waals surface area contributed by atoms with Crippen LogP contribution in [-0.2, 0) is 13.5 Å². The highest BCUT2D eigenvalue weighted by Gasteiger charge is 2.12. The fraction of sp³-hybridized carbons (Fsp3) is 0.538. The molecule has 0 aliphatic rings. The molecular weight excluding hydrogens is 244 g/mol. The highest BCUT2D eigenvalue weighted by Crippen LogP contribution is 2.24. The smallest absolute Gasteiger partial charge is 0.0900 e. The van der Waals surface area contributed by atoms with Gasteiger partial charge in [-0.05, 0) is 26.8 Å². The Morgan fingerprint density at radius 1 is 1.44 bits per heavy atom. The number of hydrogen-bond donors (Lipinski definition) is 1. The zero-order valence-corrected chi connectivity index (χ0v) is 12.2. The van der Waals surface area contributed by atoms with Gasteiger partial charge >= 0.3 is 0 Å². The van der Waals surface area contributed by atoms with Crippen LogP contribution in [0.5, 0.6) is 0 Å². The third kappa shape index (κ3) is 2.97. The molecule has 0 saturated carbocycles. The minimum absolute atomic E-state index is 0.365. The van der Waals surface area contributed by atoms with Crippen molar-refractivity contribution in [3.05, 3.63) is 33.5 Å². The lowest BCUT2D eigenvalue weighted by Crippen LogP contribution is -2.22. The van der Waals surface area contributed by atoms with Crippen LogP contribution in [0.2, 0.25) is 0 Å². The van der Waals surface area contributed by atoms with Crippen molar-refractivity contribution in [3.63, 3.8) is 0 Å². The minimum Gasteiger partial charge on any atom is -0.309 e. The summed E-state index contributed by atoms with van der Waals surface area (Å²) in [6, 6.07) is 2.43. The Kier molecular flexibility index (Phi) is 4.14. The van der Waals surface area contributed by atoms with Gasteiger partial charge in [0, 0.05) is 42.8 Å². The van der Waals surface area contributed by atoms with Crippen LogP contribution < -0.4 is 5.32 Å². The van der Waals surface area contributed by atoms with Gasteiger partial charge in [-0.15, -0.1) is 11.3 Å². The number of rotatable bonds is 5.